The molecule has 0 N–H and O–H groups in total. The smallest absolute Gasteiger partial charge is 0.259 e. The van der Waals surface area contributed by atoms with Gasteiger partial charge in [-0.25, -0.2) is 0 Å². The molecule has 0 spiro atoms. The normalized spacial score (nSPS) is 17.9. The molecule has 1 amide bonds. The minimum Gasteiger partial charge on any atom is -0.497 e. The van der Waals surface area contributed by atoms with Crippen LogP contribution in [0, 0.1) is 6.92 Å². The van der Waals surface area contributed by atoms with Crippen molar-refractivity contribution >= 4 is 5.91 Å². The number of aryl methyl sites for hydroxylation is 2. The van der Waals surface area contributed by atoms with Crippen LogP contribution in [0.15, 0.2) is 59.4 Å². The molecule has 3 aromatic rings. The Morgan fingerprint density at radius 1 is 1.00 bits per heavy atom. The molecule has 0 saturated carbocycles. The first kappa shape index (κ1) is 25.3. The Morgan fingerprint density at radius 2 is 1.70 bits per heavy atom. The Labute approximate surface area is 219 Å². The summed E-state index contributed by atoms with van der Waals surface area (Å²) in [6.07, 6.45) is 3.99. The van der Waals surface area contributed by atoms with E-state index in [4.69, 9.17) is 4.74 Å². The number of hydrogen-bond donors (Lipinski definition) is 0. The van der Waals surface area contributed by atoms with Gasteiger partial charge in [-0.15, -0.1) is 0 Å². The molecular formula is C31H37N3O3. The molecule has 5 rings (SSSR count). The third kappa shape index (κ3) is 5.21. The second kappa shape index (κ2) is 10.9. The molecule has 6 nitrogen and oxygen atoms in total. The van der Waals surface area contributed by atoms with Crippen molar-refractivity contribution in [2.45, 2.75) is 52.1 Å². The lowest BCUT2D eigenvalue weighted by Crippen LogP contribution is -2.53. The highest BCUT2D eigenvalue weighted by atomic mass is 16.5. The molecule has 1 fully saturated rings. The van der Waals surface area contributed by atoms with Crippen LogP contribution in [0.1, 0.15) is 51.8 Å². The van der Waals surface area contributed by atoms with Gasteiger partial charge >= 0.3 is 0 Å². The molecular weight excluding hydrogens is 462 g/mol. The number of piperazine rings is 1. The van der Waals surface area contributed by atoms with E-state index >= 15 is 0 Å². The Bertz CT molecular complexity index is 1320. The predicted octanol–water partition coefficient (Wildman–Crippen LogP) is 4.09. The lowest BCUT2D eigenvalue weighted by atomic mass is 9.87. The molecule has 1 saturated heterocycles. The number of ether oxygens (including phenoxy) is 1. The first-order valence-electron chi connectivity index (χ1n) is 13.4. The highest BCUT2D eigenvalue weighted by molar-refractivity contribution is 5.95. The Balaban J connectivity index is 1.31. The molecule has 194 valence electrons. The van der Waals surface area contributed by atoms with E-state index in [0.29, 0.717) is 37.7 Å². The standard InChI is InChI=1S/C31H37N3O3/c1-4-28-30(29(35)19-22(2)34(28)21-23-9-13-27(37-3)14-10-23)31(36)33-17-15-32(16-18-33)26-12-11-24-7-5-6-8-25(24)20-26/h5-10,13-14,19,26H,4,11-12,15-18,20-21H2,1-3H3. The maximum Gasteiger partial charge on any atom is 0.259 e. The van der Waals surface area contributed by atoms with Crippen molar-refractivity contribution in [2.75, 3.05) is 33.3 Å². The fraction of sp³-hybridized carbons (Fsp3) is 0.419. The first-order chi connectivity index (χ1) is 18.0. The number of carbonyl (C=O) groups is 1. The van der Waals surface area contributed by atoms with Crippen molar-refractivity contribution in [3.63, 3.8) is 0 Å². The van der Waals surface area contributed by atoms with E-state index in [1.165, 1.54) is 17.5 Å². The molecule has 1 aliphatic heterocycles. The minimum atomic E-state index is -0.170. The van der Waals surface area contributed by atoms with Crippen LogP contribution in [-0.4, -0.2) is 59.6 Å². The molecule has 1 atom stereocenters. The second-order valence-corrected chi connectivity index (χ2v) is 10.3. The zero-order valence-corrected chi connectivity index (χ0v) is 22.2. The number of methoxy groups -OCH3 is 1. The number of nitrogens with zero attached hydrogens (tertiary/aromatic N) is 3. The van der Waals surface area contributed by atoms with Crippen molar-refractivity contribution in [2.24, 2.45) is 0 Å². The highest BCUT2D eigenvalue weighted by Gasteiger charge is 2.31. The van der Waals surface area contributed by atoms with Gasteiger partial charge in [0.2, 0.25) is 0 Å². The van der Waals surface area contributed by atoms with Crippen molar-refractivity contribution in [1.29, 1.82) is 0 Å². The molecule has 6 heteroatoms. The van der Waals surface area contributed by atoms with Crippen molar-refractivity contribution in [1.82, 2.24) is 14.4 Å². The van der Waals surface area contributed by atoms with E-state index in [1.807, 2.05) is 43.0 Å². The second-order valence-electron chi connectivity index (χ2n) is 10.3. The van der Waals surface area contributed by atoms with E-state index in [0.717, 1.165) is 48.6 Å². The Kier molecular flexibility index (Phi) is 7.47. The van der Waals surface area contributed by atoms with Crippen LogP contribution in [0.25, 0.3) is 0 Å². The van der Waals surface area contributed by atoms with Gasteiger partial charge in [0.15, 0.2) is 5.43 Å². The van der Waals surface area contributed by atoms with Crippen LogP contribution in [0.3, 0.4) is 0 Å². The third-order valence-corrected chi connectivity index (χ3v) is 8.11. The molecule has 1 aliphatic carbocycles. The van der Waals surface area contributed by atoms with Crippen LogP contribution in [0.2, 0.25) is 0 Å². The maximum atomic E-state index is 13.7. The van der Waals surface area contributed by atoms with Gasteiger partial charge in [0.25, 0.3) is 5.91 Å². The molecule has 0 radical (unpaired) electrons. The first-order valence-corrected chi connectivity index (χ1v) is 13.4. The van der Waals surface area contributed by atoms with Gasteiger partial charge in [0, 0.05) is 56.2 Å². The quantitative estimate of drug-likeness (QED) is 0.513. The van der Waals surface area contributed by atoms with Gasteiger partial charge in [0.05, 0.1) is 7.11 Å². The van der Waals surface area contributed by atoms with E-state index in [-0.39, 0.29) is 11.3 Å². The van der Waals surface area contributed by atoms with Crippen molar-refractivity contribution in [3.8, 4) is 5.75 Å². The lowest BCUT2D eigenvalue weighted by Gasteiger charge is -2.41. The largest absolute Gasteiger partial charge is 0.497 e. The number of fused-ring (bicyclic) bond motifs is 1. The molecule has 2 heterocycles. The third-order valence-electron chi connectivity index (χ3n) is 8.11. The SMILES string of the molecule is CCc1c(C(=O)N2CCN(C3CCc4ccccc4C3)CC2)c(=O)cc(C)n1Cc1ccc(OC)cc1. The van der Waals surface area contributed by atoms with E-state index in [9.17, 15) is 9.59 Å². The minimum absolute atomic E-state index is 0.126. The molecule has 1 unspecified atom stereocenters. The number of rotatable bonds is 6. The van der Waals surface area contributed by atoms with Crippen LogP contribution in [0.5, 0.6) is 5.75 Å². The number of hydrogen-bond acceptors (Lipinski definition) is 4. The fourth-order valence-corrected chi connectivity index (χ4v) is 6.00. The summed E-state index contributed by atoms with van der Waals surface area (Å²) in [5.41, 5.74) is 5.89. The van der Waals surface area contributed by atoms with Crippen LogP contribution in [-0.2, 0) is 25.8 Å². The summed E-state index contributed by atoms with van der Waals surface area (Å²) >= 11 is 0. The topological polar surface area (TPSA) is 54.8 Å². The van der Waals surface area contributed by atoms with Gasteiger partial charge in [-0.3, -0.25) is 14.5 Å². The summed E-state index contributed by atoms with van der Waals surface area (Å²) in [4.78, 5) is 31.3. The molecule has 2 aromatic carbocycles. The zero-order valence-electron chi connectivity index (χ0n) is 22.2. The average molecular weight is 500 g/mol. The van der Waals surface area contributed by atoms with Crippen LogP contribution >= 0.6 is 0 Å². The predicted molar refractivity (Wildman–Crippen MR) is 147 cm³/mol. The number of aromatic nitrogens is 1. The van der Waals surface area contributed by atoms with Crippen LogP contribution in [0.4, 0.5) is 0 Å². The van der Waals surface area contributed by atoms with Crippen LogP contribution < -0.4 is 10.2 Å². The van der Waals surface area contributed by atoms with Crippen molar-refractivity contribution < 1.29 is 9.53 Å². The molecule has 0 bridgehead atoms. The number of carbonyl (C=O) groups excluding carboxylic acids is 1. The van der Waals surface area contributed by atoms with Gasteiger partial charge in [-0.05, 0) is 61.4 Å². The summed E-state index contributed by atoms with van der Waals surface area (Å²) in [5, 5.41) is 0. The molecule has 37 heavy (non-hydrogen) atoms. The maximum absolute atomic E-state index is 13.7. The zero-order chi connectivity index (χ0) is 25.9. The summed E-state index contributed by atoms with van der Waals surface area (Å²) in [5.74, 6) is 0.683. The Morgan fingerprint density at radius 3 is 2.38 bits per heavy atom. The summed E-state index contributed by atoms with van der Waals surface area (Å²) in [6, 6.07) is 18.8. The van der Waals surface area contributed by atoms with Gasteiger partial charge in [0.1, 0.15) is 11.3 Å². The van der Waals surface area contributed by atoms with E-state index in [1.54, 1.807) is 13.2 Å². The monoisotopic (exact) mass is 499 g/mol. The number of benzene rings is 2. The van der Waals surface area contributed by atoms with Gasteiger partial charge in [-0.1, -0.05) is 43.3 Å². The average Bonchev–Trinajstić information content (AvgIpc) is 2.94. The van der Waals surface area contributed by atoms with Gasteiger partial charge in [-0.2, -0.15) is 0 Å². The summed E-state index contributed by atoms with van der Waals surface area (Å²) in [7, 11) is 1.65. The number of amides is 1. The lowest BCUT2D eigenvalue weighted by molar-refractivity contribution is 0.0550. The Hall–Kier alpha value is -3.38. The highest BCUT2D eigenvalue weighted by Crippen LogP contribution is 2.26. The summed E-state index contributed by atoms with van der Waals surface area (Å²) in [6.45, 7) is 7.60. The summed E-state index contributed by atoms with van der Waals surface area (Å²) < 4.78 is 7.40. The van der Waals surface area contributed by atoms with Gasteiger partial charge < -0.3 is 14.2 Å². The van der Waals surface area contributed by atoms with E-state index in [2.05, 4.69) is 33.7 Å². The number of pyridine rings is 1. The van der Waals surface area contributed by atoms with Crippen molar-refractivity contribution in [3.05, 3.63) is 98.5 Å². The van der Waals surface area contributed by atoms with E-state index < -0.39 is 0 Å². The molecule has 2 aliphatic rings. The molecule has 1 aromatic heterocycles. The fourth-order valence-electron chi connectivity index (χ4n) is 6.00.